The van der Waals surface area contributed by atoms with Crippen LogP contribution in [-0.2, 0) is 17.5 Å². The van der Waals surface area contributed by atoms with Crippen molar-refractivity contribution in [3.63, 3.8) is 0 Å². The van der Waals surface area contributed by atoms with E-state index in [-0.39, 0.29) is 11.8 Å². The van der Waals surface area contributed by atoms with E-state index in [2.05, 4.69) is 17.9 Å². The molecule has 2 N–H and O–H groups in total. The molecule has 0 atom stereocenters. The van der Waals surface area contributed by atoms with Gasteiger partial charge in [0.05, 0.1) is 5.56 Å². The number of alkyl halides is 3. The Morgan fingerprint density at radius 2 is 1.74 bits per heavy atom. The van der Waals surface area contributed by atoms with Gasteiger partial charge in [0.2, 0.25) is 0 Å². The highest BCUT2D eigenvalue weighted by atomic mass is 32.1. The van der Waals surface area contributed by atoms with Crippen molar-refractivity contribution in [2.45, 2.75) is 37.5 Å². The van der Waals surface area contributed by atoms with Gasteiger partial charge in [-0.25, -0.2) is 13.6 Å². The zero-order valence-corrected chi connectivity index (χ0v) is 19.8. The van der Waals surface area contributed by atoms with Gasteiger partial charge in [0.1, 0.15) is 5.75 Å². The molecule has 3 rings (SSSR count). The van der Waals surface area contributed by atoms with Crippen LogP contribution in [0.1, 0.15) is 25.0 Å². The highest BCUT2D eigenvalue weighted by Crippen LogP contribution is 2.36. The maximum atomic E-state index is 13.0. The van der Waals surface area contributed by atoms with Crippen molar-refractivity contribution in [3.8, 4) is 16.9 Å². The number of halogens is 5. The number of ether oxygens (including phenoxy) is 1. The third-order valence-corrected chi connectivity index (χ3v) is 4.79. The topological polar surface area (TPSA) is 58.6 Å². The van der Waals surface area contributed by atoms with Gasteiger partial charge in [-0.15, -0.1) is 12.6 Å². The van der Waals surface area contributed by atoms with E-state index in [1.165, 1.54) is 18.2 Å². The molecule has 0 amide bonds. The Kier molecular flexibility index (Phi) is 10.1. The van der Waals surface area contributed by atoms with Gasteiger partial charge in [-0.3, -0.25) is 0 Å². The largest absolute Gasteiger partial charge is 0.481 e. The van der Waals surface area contributed by atoms with Crippen LogP contribution in [0, 0.1) is 11.6 Å². The molecule has 0 saturated carbocycles. The average Bonchev–Trinajstić information content (AvgIpc) is 2.79. The number of hydrogen-bond donors (Lipinski definition) is 3. The second-order valence-corrected chi connectivity index (χ2v) is 8.24. The van der Waals surface area contributed by atoms with Crippen LogP contribution >= 0.6 is 12.6 Å². The Bertz CT molecular complexity index is 1150. The minimum atomic E-state index is -4.46. The fourth-order valence-corrected chi connectivity index (χ4v) is 3.04. The van der Waals surface area contributed by atoms with Crippen molar-refractivity contribution in [1.29, 1.82) is 0 Å². The SMILES string of the molecule is CC(C)NCc1ccc(OCC(=O)O)c(-c2cccc(C(F)(F)F)c2)c1.Fc1ccc(S)cc1F. The number of thiol groups is 1. The maximum absolute atomic E-state index is 13.0. The van der Waals surface area contributed by atoms with Crippen molar-refractivity contribution in [2.75, 3.05) is 6.61 Å². The number of carbonyl (C=O) groups is 1. The highest BCUT2D eigenvalue weighted by molar-refractivity contribution is 7.80. The van der Waals surface area contributed by atoms with E-state index >= 15 is 0 Å². The molecule has 0 fully saturated rings. The maximum Gasteiger partial charge on any atom is 0.416 e. The van der Waals surface area contributed by atoms with Crippen LogP contribution < -0.4 is 10.1 Å². The molecule has 0 radical (unpaired) electrons. The Morgan fingerprint density at radius 1 is 1.03 bits per heavy atom. The first kappa shape index (κ1) is 28.1. The van der Waals surface area contributed by atoms with Crippen molar-refractivity contribution in [2.24, 2.45) is 0 Å². The highest BCUT2D eigenvalue weighted by Gasteiger charge is 2.30. The summed E-state index contributed by atoms with van der Waals surface area (Å²) in [7, 11) is 0. The summed E-state index contributed by atoms with van der Waals surface area (Å²) in [6, 6.07) is 13.6. The first-order chi connectivity index (χ1) is 16.4. The molecule has 0 aliphatic heterocycles. The zero-order chi connectivity index (χ0) is 26.2. The van der Waals surface area contributed by atoms with Crippen LogP contribution in [0.2, 0.25) is 0 Å². The smallest absolute Gasteiger partial charge is 0.416 e. The molecule has 3 aromatic rings. The van der Waals surface area contributed by atoms with Crippen molar-refractivity contribution < 1.29 is 36.6 Å². The Labute approximate surface area is 205 Å². The molecule has 0 aliphatic carbocycles. The van der Waals surface area contributed by atoms with Crippen molar-refractivity contribution in [1.82, 2.24) is 5.32 Å². The molecule has 0 bridgehead atoms. The second-order valence-electron chi connectivity index (χ2n) is 7.73. The van der Waals surface area contributed by atoms with Gasteiger partial charge in [-0.1, -0.05) is 32.0 Å². The van der Waals surface area contributed by atoms with Crippen molar-refractivity contribution >= 4 is 18.6 Å². The molecule has 0 aliphatic rings. The number of carboxylic acid groups (broad SMARTS) is 1. The fraction of sp³-hybridized carbons (Fsp3) is 0.240. The normalized spacial score (nSPS) is 11.1. The third kappa shape index (κ3) is 9.22. The number of aliphatic carboxylic acids is 1. The van der Waals surface area contributed by atoms with Crippen LogP contribution in [0.3, 0.4) is 0 Å². The Morgan fingerprint density at radius 3 is 2.31 bits per heavy atom. The van der Waals surface area contributed by atoms with Crippen LogP contribution in [0.4, 0.5) is 22.0 Å². The molecule has 0 aromatic heterocycles. The molecule has 188 valence electrons. The predicted molar refractivity (Wildman–Crippen MR) is 126 cm³/mol. The van der Waals surface area contributed by atoms with E-state index in [1.807, 2.05) is 13.8 Å². The summed E-state index contributed by atoms with van der Waals surface area (Å²) in [5, 5.41) is 12.0. The van der Waals surface area contributed by atoms with E-state index in [0.717, 1.165) is 29.8 Å². The summed E-state index contributed by atoms with van der Waals surface area (Å²) < 4.78 is 68.5. The summed E-state index contributed by atoms with van der Waals surface area (Å²) in [6.45, 7) is 3.93. The molecule has 4 nitrogen and oxygen atoms in total. The van der Waals surface area contributed by atoms with Gasteiger partial charge < -0.3 is 15.2 Å². The number of rotatable bonds is 7. The molecule has 3 aromatic carbocycles. The molecule has 10 heteroatoms. The zero-order valence-electron chi connectivity index (χ0n) is 18.9. The number of nitrogens with one attached hydrogen (secondary N) is 1. The van der Waals surface area contributed by atoms with Crippen molar-refractivity contribution in [3.05, 3.63) is 83.4 Å². The molecule has 0 spiro atoms. The monoisotopic (exact) mass is 513 g/mol. The van der Waals surface area contributed by atoms with E-state index in [9.17, 15) is 26.7 Å². The third-order valence-electron chi connectivity index (χ3n) is 4.51. The molecular weight excluding hydrogens is 489 g/mol. The molecule has 0 saturated heterocycles. The lowest BCUT2D eigenvalue weighted by Gasteiger charge is -2.15. The van der Waals surface area contributed by atoms with Crippen LogP contribution in [0.25, 0.3) is 11.1 Å². The summed E-state index contributed by atoms with van der Waals surface area (Å²) in [6.07, 6.45) is -4.46. The lowest BCUT2D eigenvalue weighted by atomic mass is 9.99. The minimum Gasteiger partial charge on any atom is -0.481 e. The van der Waals surface area contributed by atoms with Gasteiger partial charge in [-0.2, -0.15) is 13.2 Å². The first-order valence-electron chi connectivity index (χ1n) is 10.4. The Hall–Kier alpha value is -3.11. The van der Waals surface area contributed by atoms with Crippen LogP contribution in [0.5, 0.6) is 5.75 Å². The van der Waals surface area contributed by atoms with Gasteiger partial charge >= 0.3 is 12.1 Å². The lowest BCUT2D eigenvalue weighted by Crippen LogP contribution is -2.21. The minimum absolute atomic E-state index is 0.222. The standard InChI is InChI=1S/C19H20F3NO3.C6H4F2S/c1-12(2)23-10-13-6-7-17(26-11-18(24)25)16(8-13)14-4-3-5-15(9-14)19(20,21)22;7-5-2-1-4(9)3-6(5)8/h3-9,12,23H,10-11H2,1-2H3,(H,24,25);1-3,9H. The van der Waals surface area contributed by atoms with Gasteiger partial charge in [-0.05, 0) is 53.6 Å². The number of hydrogen-bond acceptors (Lipinski definition) is 4. The fourth-order valence-electron chi connectivity index (χ4n) is 2.85. The molecule has 35 heavy (non-hydrogen) atoms. The van der Waals surface area contributed by atoms with Crippen LogP contribution in [-0.4, -0.2) is 23.7 Å². The van der Waals surface area contributed by atoms with E-state index in [4.69, 9.17) is 9.84 Å². The lowest BCUT2D eigenvalue weighted by molar-refractivity contribution is -0.139. The first-order valence-corrected chi connectivity index (χ1v) is 10.8. The van der Waals surface area contributed by atoms with Gasteiger partial charge in [0, 0.05) is 23.0 Å². The van der Waals surface area contributed by atoms with E-state index in [0.29, 0.717) is 22.6 Å². The van der Waals surface area contributed by atoms with Gasteiger partial charge in [0.25, 0.3) is 0 Å². The van der Waals surface area contributed by atoms with Gasteiger partial charge in [0.15, 0.2) is 18.2 Å². The predicted octanol–water partition coefficient (Wildman–Crippen LogP) is 6.59. The quantitative estimate of drug-likeness (QED) is 0.247. The van der Waals surface area contributed by atoms with E-state index in [1.54, 1.807) is 18.2 Å². The van der Waals surface area contributed by atoms with E-state index < -0.39 is 36.0 Å². The second kappa shape index (κ2) is 12.6. The summed E-state index contributed by atoms with van der Waals surface area (Å²) in [4.78, 5) is 11.2. The summed E-state index contributed by atoms with van der Waals surface area (Å²) >= 11 is 3.79. The molecule has 0 unspecified atom stereocenters. The van der Waals surface area contributed by atoms with Crippen LogP contribution in [0.15, 0.2) is 65.6 Å². The molecule has 0 heterocycles. The Balaban J connectivity index is 0.000000402. The summed E-state index contributed by atoms with van der Waals surface area (Å²) in [5.41, 5.74) is 0.811. The average molecular weight is 514 g/mol. The summed E-state index contributed by atoms with van der Waals surface area (Å²) in [5.74, 6) is -2.64. The number of benzene rings is 3. The number of carboxylic acids is 1. The molecular formula is C25H24F5NO3S.